The number of hydrogen-bond donors (Lipinski definition) is 1. The fourth-order valence-corrected chi connectivity index (χ4v) is 4.41. The number of halogens is 1. The maximum atomic E-state index is 14.8. The number of nitrogen functional groups attached to an aromatic ring is 1. The van der Waals surface area contributed by atoms with Crippen molar-refractivity contribution in [3.8, 4) is 23.3 Å². The third kappa shape index (κ3) is 4.50. The molecule has 1 aliphatic heterocycles. The number of amides is 1. The summed E-state index contributed by atoms with van der Waals surface area (Å²) >= 11 is 0. The molecule has 1 aliphatic rings. The number of fused-ring (bicyclic) bond motifs is 1. The Kier molecular flexibility index (Phi) is 6.89. The maximum absolute atomic E-state index is 14.8. The molecule has 35 heavy (non-hydrogen) atoms. The second kappa shape index (κ2) is 10.0. The van der Waals surface area contributed by atoms with Crippen LogP contribution in [0.15, 0.2) is 37.2 Å². The number of ether oxygens (including phenoxy) is 3. The Morgan fingerprint density at radius 1 is 1.26 bits per heavy atom. The van der Waals surface area contributed by atoms with Gasteiger partial charge >= 0.3 is 0 Å². The minimum atomic E-state index is -0.592. The van der Waals surface area contributed by atoms with Crippen molar-refractivity contribution in [3.05, 3.63) is 59.8 Å². The third-order valence-electron chi connectivity index (χ3n) is 6.06. The molecule has 1 unspecified atom stereocenters. The molecule has 3 aromatic rings. The first-order valence-electron chi connectivity index (χ1n) is 10.9. The lowest BCUT2D eigenvalue weighted by atomic mass is 10.0. The smallest absolute Gasteiger partial charge is 0.246 e. The van der Waals surface area contributed by atoms with Gasteiger partial charge in [-0.15, -0.1) is 0 Å². The largest absolute Gasteiger partial charge is 0.497 e. The maximum Gasteiger partial charge on any atom is 0.246 e. The first-order valence-corrected chi connectivity index (χ1v) is 10.9. The van der Waals surface area contributed by atoms with Gasteiger partial charge in [0.1, 0.15) is 17.6 Å². The van der Waals surface area contributed by atoms with Crippen LogP contribution < -0.4 is 15.2 Å². The van der Waals surface area contributed by atoms with Gasteiger partial charge in [-0.25, -0.2) is 13.9 Å². The van der Waals surface area contributed by atoms with E-state index in [0.717, 1.165) is 5.69 Å². The number of carbonyl (C=O) groups is 1. The number of anilines is 1. The molecule has 9 nitrogen and oxygen atoms in total. The van der Waals surface area contributed by atoms with E-state index in [4.69, 9.17) is 19.9 Å². The van der Waals surface area contributed by atoms with Gasteiger partial charge in [-0.3, -0.25) is 4.79 Å². The molecular formula is C25H26FN5O4. The van der Waals surface area contributed by atoms with Crippen LogP contribution >= 0.6 is 0 Å². The van der Waals surface area contributed by atoms with Gasteiger partial charge in [-0.1, -0.05) is 18.4 Å². The minimum absolute atomic E-state index is 0.0287. The van der Waals surface area contributed by atoms with E-state index in [0.29, 0.717) is 36.4 Å². The average molecular weight is 480 g/mol. The molecule has 10 heteroatoms. The van der Waals surface area contributed by atoms with E-state index >= 15 is 0 Å². The van der Waals surface area contributed by atoms with Crippen molar-refractivity contribution in [1.29, 1.82) is 0 Å². The molecule has 3 heterocycles. The average Bonchev–Trinajstić information content (AvgIpc) is 3.45. The zero-order valence-corrected chi connectivity index (χ0v) is 19.7. The van der Waals surface area contributed by atoms with Crippen LogP contribution in [0.3, 0.4) is 0 Å². The molecule has 0 bridgehead atoms. The normalized spacial score (nSPS) is 17.2. The zero-order chi connectivity index (χ0) is 25.1. The Morgan fingerprint density at radius 2 is 2.03 bits per heavy atom. The van der Waals surface area contributed by atoms with Crippen LogP contribution in [0.2, 0.25) is 0 Å². The van der Waals surface area contributed by atoms with Gasteiger partial charge in [0.15, 0.2) is 17.4 Å². The molecule has 1 fully saturated rings. The predicted octanol–water partition coefficient (Wildman–Crippen LogP) is 2.38. The van der Waals surface area contributed by atoms with E-state index in [1.807, 2.05) is 6.07 Å². The molecule has 1 aromatic carbocycles. The van der Waals surface area contributed by atoms with Crippen LogP contribution in [-0.4, -0.2) is 65.9 Å². The van der Waals surface area contributed by atoms with Crippen molar-refractivity contribution >= 4 is 17.2 Å². The summed E-state index contributed by atoms with van der Waals surface area (Å²) in [6.45, 7) is 4.47. The summed E-state index contributed by atoms with van der Waals surface area (Å²) in [5, 5.41) is 4.38. The van der Waals surface area contributed by atoms with Gasteiger partial charge in [0.05, 0.1) is 38.0 Å². The van der Waals surface area contributed by atoms with Crippen LogP contribution in [0.1, 0.15) is 29.2 Å². The zero-order valence-electron chi connectivity index (χ0n) is 19.7. The molecule has 1 saturated heterocycles. The van der Waals surface area contributed by atoms with Crippen LogP contribution in [0.4, 0.5) is 10.2 Å². The third-order valence-corrected chi connectivity index (χ3v) is 6.06. The quantitative estimate of drug-likeness (QED) is 0.428. The summed E-state index contributed by atoms with van der Waals surface area (Å²) in [4.78, 5) is 18.3. The lowest BCUT2D eigenvalue weighted by Crippen LogP contribution is -2.37. The number of nitrogens with zero attached hydrogens (tertiary/aromatic N) is 4. The van der Waals surface area contributed by atoms with Gasteiger partial charge in [0.25, 0.3) is 0 Å². The van der Waals surface area contributed by atoms with Gasteiger partial charge in [-0.2, -0.15) is 5.10 Å². The van der Waals surface area contributed by atoms with Crippen molar-refractivity contribution in [2.75, 3.05) is 40.2 Å². The second-order valence-corrected chi connectivity index (χ2v) is 8.07. The van der Waals surface area contributed by atoms with E-state index in [1.165, 1.54) is 38.8 Å². The molecule has 0 aliphatic carbocycles. The topological polar surface area (TPSA) is 104 Å². The summed E-state index contributed by atoms with van der Waals surface area (Å²) in [7, 11) is 4.46. The van der Waals surface area contributed by atoms with Gasteiger partial charge in [0, 0.05) is 31.3 Å². The minimum Gasteiger partial charge on any atom is -0.497 e. The summed E-state index contributed by atoms with van der Waals surface area (Å²) in [6, 6.07) is 4.70. The highest BCUT2D eigenvalue weighted by Gasteiger charge is 2.37. The SMILES string of the molecule is C=CC(=O)N1CC(c2cc(C#Cc3cc(OC)cc(OC)c3F)c3c(N)ncnn23)C[C@@H]1COC. The predicted molar refractivity (Wildman–Crippen MR) is 128 cm³/mol. The molecule has 2 N–H and O–H groups in total. The number of aromatic nitrogens is 3. The summed E-state index contributed by atoms with van der Waals surface area (Å²) in [6.07, 6.45) is 3.33. The van der Waals surface area contributed by atoms with E-state index in [-0.39, 0.29) is 35.0 Å². The molecule has 2 atom stereocenters. The molecule has 0 spiro atoms. The molecule has 4 rings (SSSR count). The van der Waals surface area contributed by atoms with Crippen LogP contribution in [-0.2, 0) is 9.53 Å². The standard InChI is InChI=1S/C25H26FN5O4/c1-5-22(32)30-12-17(8-18(30)13-33-2)20-10-16(24-25(27)28-14-29-31(20)24)7-6-15-9-19(34-3)11-21(35-4)23(15)26/h5,9-11,14,17-18H,1,8,12-13H2,2-4H3,(H2,27,28,29)/t17?,18-/m1/s1. The molecule has 1 amide bonds. The van der Waals surface area contributed by atoms with Gasteiger partial charge in [0.2, 0.25) is 5.91 Å². The lowest BCUT2D eigenvalue weighted by Gasteiger charge is -2.22. The van der Waals surface area contributed by atoms with Gasteiger partial charge < -0.3 is 24.8 Å². The van der Waals surface area contributed by atoms with Crippen molar-refractivity contribution in [3.63, 3.8) is 0 Å². The lowest BCUT2D eigenvalue weighted by molar-refractivity contribution is -0.127. The molecular weight excluding hydrogens is 453 g/mol. The number of rotatable bonds is 6. The summed E-state index contributed by atoms with van der Waals surface area (Å²) < 4.78 is 32.1. The number of benzene rings is 1. The monoisotopic (exact) mass is 479 g/mol. The Bertz CT molecular complexity index is 1340. The van der Waals surface area contributed by atoms with E-state index in [2.05, 4.69) is 28.5 Å². The van der Waals surface area contributed by atoms with Crippen LogP contribution in [0, 0.1) is 17.7 Å². The first kappa shape index (κ1) is 24.0. The first-order chi connectivity index (χ1) is 16.9. The Hall–Kier alpha value is -4.10. The molecule has 0 saturated carbocycles. The number of nitrogens with two attached hydrogens (primary N) is 1. The van der Waals surface area contributed by atoms with Crippen molar-refractivity contribution < 1.29 is 23.4 Å². The van der Waals surface area contributed by atoms with Crippen LogP contribution in [0.5, 0.6) is 11.5 Å². The molecule has 2 aromatic heterocycles. The number of carbonyl (C=O) groups excluding carboxylic acids is 1. The van der Waals surface area contributed by atoms with Crippen molar-refractivity contribution in [2.24, 2.45) is 0 Å². The van der Waals surface area contributed by atoms with E-state index in [1.54, 1.807) is 16.5 Å². The highest BCUT2D eigenvalue weighted by atomic mass is 19.1. The number of methoxy groups -OCH3 is 3. The second-order valence-electron chi connectivity index (χ2n) is 8.07. The summed E-state index contributed by atoms with van der Waals surface area (Å²) in [5.74, 6) is 5.75. The van der Waals surface area contributed by atoms with E-state index in [9.17, 15) is 9.18 Å². The highest BCUT2D eigenvalue weighted by molar-refractivity contribution is 5.87. The number of likely N-dealkylation sites (tertiary alicyclic amines) is 1. The molecule has 182 valence electrons. The number of hydrogen-bond acceptors (Lipinski definition) is 7. The van der Waals surface area contributed by atoms with Crippen LogP contribution in [0.25, 0.3) is 5.52 Å². The molecule has 0 radical (unpaired) electrons. The van der Waals surface area contributed by atoms with Crippen molar-refractivity contribution in [1.82, 2.24) is 19.5 Å². The fraction of sp³-hybridized carbons (Fsp3) is 0.320. The van der Waals surface area contributed by atoms with Gasteiger partial charge in [-0.05, 0) is 24.6 Å². The Morgan fingerprint density at radius 3 is 2.71 bits per heavy atom. The highest BCUT2D eigenvalue weighted by Crippen LogP contribution is 2.35. The Balaban J connectivity index is 1.79. The Labute approximate surface area is 202 Å². The summed E-state index contributed by atoms with van der Waals surface area (Å²) in [5.41, 5.74) is 8.17. The fourth-order valence-electron chi connectivity index (χ4n) is 4.41. The van der Waals surface area contributed by atoms with Crippen molar-refractivity contribution in [2.45, 2.75) is 18.4 Å². The van der Waals surface area contributed by atoms with E-state index < -0.39 is 5.82 Å².